The van der Waals surface area contributed by atoms with Crippen molar-refractivity contribution in [3.05, 3.63) is 76.3 Å². The molecule has 2 aromatic heterocycles. The molecule has 4 unspecified atom stereocenters. The molecule has 4 atom stereocenters. The summed E-state index contributed by atoms with van der Waals surface area (Å²) in [6, 6.07) is 11.6. The van der Waals surface area contributed by atoms with E-state index in [0.29, 0.717) is 45.9 Å². The number of nitrogens with two attached hydrogens (primary N) is 1. The molecule has 4 aromatic rings. The van der Waals surface area contributed by atoms with Gasteiger partial charge in [0.2, 0.25) is 0 Å². The minimum atomic E-state index is -1.36. The Morgan fingerprint density at radius 3 is 2.62 bits per heavy atom. The highest BCUT2D eigenvalue weighted by Gasteiger charge is 2.46. The van der Waals surface area contributed by atoms with Gasteiger partial charge in [-0.15, -0.1) is 0 Å². The molecule has 0 radical (unpaired) electrons. The van der Waals surface area contributed by atoms with Gasteiger partial charge in [0.05, 0.1) is 12.4 Å². The van der Waals surface area contributed by atoms with E-state index in [1.165, 1.54) is 17.2 Å². The van der Waals surface area contributed by atoms with Gasteiger partial charge in [0.1, 0.15) is 24.8 Å². The SMILES string of the molecule is NC1C(C(=O)O)OC(n2cnc3c(NCc4cc(Cl)ccc4OCc4ccc(Cl)cc4)ncnc32)C1O. The van der Waals surface area contributed by atoms with Gasteiger partial charge in [0.15, 0.2) is 29.3 Å². The van der Waals surface area contributed by atoms with Gasteiger partial charge in [-0.25, -0.2) is 19.7 Å². The maximum atomic E-state index is 11.4. The van der Waals surface area contributed by atoms with E-state index in [-0.39, 0.29) is 0 Å². The molecule has 0 amide bonds. The number of rotatable bonds is 8. The van der Waals surface area contributed by atoms with Crippen molar-refractivity contribution < 1.29 is 24.5 Å². The van der Waals surface area contributed by atoms with Gasteiger partial charge < -0.3 is 30.7 Å². The third-order valence-corrected chi connectivity index (χ3v) is 6.46. The van der Waals surface area contributed by atoms with E-state index in [4.69, 9.17) is 38.4 Å². The number of carboxylic acid groups (broad SMARTS) is 1. The third-order valence-electron chi connectivity index (χ3n) is 5.97. The summed E-state index contributed by atoms with van der Waals surface area (Å²) in [4.78, 5) is 24.3. The van der Waals surface area contributed by atoms with Crippen LogP contribution in [0.1, 0.15) is 17.4 Å². The maximum Gasteiger partial charge on any atom is 0.334 e. The van der Waals surface area contributed by atoms with Crippen LogP contribution >= 0.6 is 23.2 Å². The summed E-state index contributed by atoms with van der Waals surface area (Å²) >= 11 is 12.2. The van der Waals surface area contributed by atoms with Crippen molar-refractivity contribution in [1.29, 1.82) is 0 Å². The van der Waals surface area contributed by atoms with Crippen LogP contribution in [0.5, 0.6) is 5.75 Å². The number of hydrogen-bond acceptors (Lipinski definition) is 9. The molecule has 0 bridgehead atoms. The molecule has 5 N–H and O–H groups in total. The summed E-state index contributed by atoms with van der Waals surface area (Å²) in [6.45, 7) is 0.654. The van der Waals surface area contributed by atoms with Crippen molar-refractivity contribution in [2.24, 2.45) is 5.73 Å². The molecule has 1 fully saturated rings. The number of aliphatic carboxylic acids is 1. The number of fused-ring (bicyclic) bond motifs is 1. The van der Waals surface area contributed by atoms with Crippen LogP contribution in [0.25, 0.3) is 11.2 Å². The predicted octanol–water partition coefficient (Wildman–Crippen LogP) is 2.99. The van der Waals surface area contributed by atoms with Crippen molar-refractivity contribution in [3.8, 4) is 5.75 Å². The highest BCUT2D eigenvalue weighted by Crippen LogP contribution is 2.32. The molecule has 2 aromatic carbocycles. The smallest absolute Gasteiger partial charge is 0.334 e. The van der Waals surface area contributed by atoms with Crippen molar-refractivity contribution in [3.63, 3.8) is 0 Å². The lowest BCUT2D eigenvalue weighted by molar-refractivity contribution is -0.152. The fourth-order valence-electron chi connectivity index (χ4n) is 4.06. The van der Waals surface area contributed by atoms with Gasteiger partial charge in [-0.3, -0.25) is 4.57 Å². The molecule has 0 spiro atoms. The van der Waals surface area contributed by atoms with Crippen molar-refractivity contribution >= 4 is 46.2 Å². The number of halogens is 2. The molecule has 1 aliphatic heterocycles. The molecule has 5 rings (SSSR count). The number of aliphatic hydroxyl groups is 1. The van der Waals surface area contributed by atoms with E-state index < -0.39 is 30.4 Å². The van der Waals surface area contributed by atoms with E-state index in [1.807, 2.05) is 12.1 Å². The Kier molecular flexibility index (Phi) is 7.13. The van der Waals surface area contributed by atoms with Gasteiger partial charge in [-0.1, -0.05) is 35.3 Å². The molecule has 192 valence electrons. The van der Waals surface area contributed by atoms with Gasteiger partial charge in [0, 0.05) is 22.2 Å². The number of hydrogen-bond donors (Lipinski definition) is 4. The zero-order chi connectivity index (χ0) is 26.1. The molecule has 37 heavy (non-hydrogen) atoms. The number of carbonyl (C=O) groups is 1. The topological polar surface area (TPSA) is 158 Å². The summed E-state index contributed by atoms with van der Waals surface area (Å²) in [5.74, 6) is -0.205. The summed E-state index contributed by atoms with van der Waals surface area (Å²) in [7, 11) is 0. The minimum Gasteiger partial charge on any atom is -0.489 e. The fourth-order valence-corrected chi connectivity index (χ4v) is 4.38. The first-order valence-electron chi connectivity index (χ1n) is 11.2. The highest BCUT2D eigenvalue weighted by atomic mass is 35.5. The van der Waals surface area contributed by atoms with Crippen LogP contribution < -0.4 is 15.8 Å². The highest BCUT2D eigenvalue weighted by molar-refractivity contribution is 6.30. The van der Waals surface area contributed by atoms with Gasteiger partial charge in [0.25, 0.3) is 0 Å². The lowest BCUT2D eigenvalue weighted by Gasteiger charge is -2.17. The Morgan fingerprint density at radius 1 is 1.14 bits per heavy atom. The summed E-state index contributed by atoms with van der Waals surface area (Å²) < 4.78 is 13.0. The van der Waals surface area contributed by atoms with Gasteiger partial charge in [-0.2, -0.15) is 0 Å². The first-order chi connectivity index (χ1) is 17.8. The predicted molar refractivity (Wildman–Crippen MR) is 135 cm³/mol. The zero-order valence-electron chi connectivity index (χ0n) is 19.2. The molecule has 0 aliphatic carbocycles. The number of aromatic nitrogens is 4. The van der Waals surface area contributed by atoms with Crippen LogP contribution in [0, 0.1) is 0 Å². The van der Waals surface area contributed by atoms with Crippen LogP contribution in [-0.4, -0.2) is 54.0 Å². The maximum absolute atomic E-state index is 11.4. The Morgan fingerprint density at radius 2 is 1.89 bits per heavy atom. The standard InChI is InChI=1S/C24H22Cl2N6O5/c25-14-3-1-12(2-4-14)9-36-16-6-5-15(26)7-13(16)8-28-21-18-22(30-10-29-21)32(11-31-18)23-19(33)17(27)20(37-23)24(34)35/h1-7,10-11,17,19-20,23,33H,8-9,27H2,(H,34,35)(H,28,29,30). The normalized spacial score (nSPS) is 21.3. The summed E-state index contributed by atoms with van der Waals surface area (Å²) in [5.41, 5.74) is 8.32. The largest absolute Gasteiger partial charge is 0.489 e. The first kappa shape index (κ1) is 25.2. The van der Waals surface area contributed by atoms with E-state index in [2.05, 4.69) is 20.3 Å². The van der Waals surface area contributed by atoms with Crippen molar-refractivity contribution in [1.82, 2.24) is 19.5 Å². The molecule has 3 heterocycles. The number of carboxylic acids is 1. The van der Waals surface area contributed by atoms with Crippen LogP contribution in [-0.2, 0) is 22.7 Å². The van der Waals surface area contributed by atoms with Crippen LogP contribution in [0.2, 0.25) is 10.0 Å². The Balaban J connectivity index is 1.35. The lowest BCUT2D eigenvalue weighted by atomic mass is 10.1. The van der Waals surface area contributed by atoms with E-state index in [9.17, 15) is 15.0 Å². The van der Waals surface area contributed by atoms with E-state index in [0.717, 1.165) is 11.1 Å². The molecule has 11 nitrogen and oxygen atoms in total. The Hall–Kier alpha value is -3.48. The van der Waals surface area contributed by atoms with Gasteiger partial charge >= 0.3 is 5.97 Å². The van der Waals surface area contributed by atoms with Crippen molar-refractivity contribution in [2.75, 3.05) is 5.32 Å². The second kappa shape index (κ2) is 10.5. The molecule has 0 saturated carbocycles. The average Bonchev–Trinajstić information content (AvgIpc) is 3.44. The second-order valence-electron chi connectivity index (χ2n) is 8.42. The monoisotopic (exact) mass is 544 g/mol. The van der Waals surface area contributed by atoms with E-state index in [1.54, 1.807) is 30.3 Å². The summed E-state index contributed by atoms with van der Waals surface area (Å²) in [6.07, 6.45) is -0.961. The van der Waals surface area contributed by atoms with Gasteiger partial charge in [-0.05, 0) is 35.9 Å². The first-order valence-corrected chi connectivity index (χ1v) is 12.0. The number of ether oxygens (including phenoxy) is 2. The van der Waals surface area contributed by atoms with Crippen LogP contribution in [0.3, 0.4) is 0 Å². The Labute approximate surface area is 220 Å². The number of benzene rings is 2. The minimum absolute atomic E-state index is 0.310. The quantitative estimate of drug-likeness (QED) is 0.259. The Bertz CT molecular complexity index is 1430. The molecule has 1 saturated heterocycles. The molecule has 13 heteroatoms. The van der Waals surface area contributed by atoms with Crippen LogP contribution in [0.4, 0.5) is 5.82 Å². The zero-order valence-corrected chi connectivity index (χ0v) is 20.7. The number of anilines is 1. The summed E-state index contributed by atoms with van der Waals surface area (Å²) in [5, 5.41) is 24.2. The average molecular weight is 545 g/mol. The molecular weight excluding hydrogens is 523 g/mol. The number of imidazole rings is 1. The molecular formula is C24H22Cl2N6O5. The number of aliphatic hydroxyl groups excluding tert-OH is 1. The van der Waals surface area contributed by atoms with Crippen LogP contribution in [0.15, 0.2) is 55.1 Å². The van der Waals surface area contributed by atoms with Crippen molar-refractivity contribution in [2.45, 2.75) is 37.6 Å². The second-order valence-corrected chi connectivity index (χ2v) is 9.29. The molecule has 1 aliphatic rings. The lowest BCUT2D eigenvalue weighted by Crippen LogP contribution is -2.43. The number of nitrogens with zero attached hydrogens (tertiary/aromatic N) is 4. The van der Waals surface area contributed by atoms with E-state index >= 15 is 0 Å². The fraction of sp³-hybridized carbons (Fsp3) is 0.250. The number of nitrogens with one attached hydrogen (secondary N) is 1. The third kappa shape index (κ3) is 5.17.